The van der Waals surface area contributed by atoms with Crippen molar-refractivity contribution in [1.29, 1.82) is 0 Å². The molecule has 0 amide bonds. The summed E-state index contributed by atoms with van der Waals surface area (Å²) < 4.78 is 9.39. The SMILES string of the molecule is c1ccc(-c2ccc3c(oc4ccccc43)c2N(c2ccc(-c3cccc4ccccc34)cc2)c2cccc3sc4ccccc4c23)cc1. The van der Waals surface area contributed by atoms with Crippen LogP contribution in [0.25, 0.3) is 75.1 Å². The molecule has 49 heavy (non-hydrogen) atoms. The van der Waals surface area contributed by atoms with Gasteiger partial charge in [0.2, 0.25) is 0 Å². The maximum atomic E-state index is 6.85. The standard InChI is InChI=1S/C46H29NOS/c1-2-12-31(13-3-1)36-28-29-38-37-17-6-8-21-41(37)48-46(38)45(36)47(40-20-11-23-43-44(40)39-18-7-9-22-42(39)49-43)33-26-24-32(25-27-33)35-19-10-15-30-14-4-5-16-34(30)35/h1-29H. The Morgan fingerprint density at radius 1 is 0.429 bits per heavy atom. The van der Waals surface area contributed by atoms with Crippen molar-refractivity contribution in [3.8, 4) is 22.3 Å². The molecule has 0 aliphatic rings. The van der Waals surface area contributed by atoms with Crippen LogP contribution in [0.4, 0.5) is 17.1 Å². The number of thiophene rings is 1. The molecule has 0 saturated carbocycles. The van der Waals surface area contributed by atoms with Crippen LogP contribution in [0, 0.1) is 0 Å². The molecule has 0 radical (unpaired) electrons. The predicted molar refractivity (Wildman–Crippen MR) is 210 cm³/mol. The number of nitrogens with zero attached hydrogens (tertiary/aromatic N) is 1. The van der Waals surface area contributed by atoms with Gasteiger partial charge in [-0.05, 0) is 69.9 Å². The second kappa shape index (κ2) is 11.2. The monoisotopic (exact) mass is 643 g/mol. The zero-order valence-corrected chi connectivity index (χ0v) is 27.3. The lowest BCUT2D eigenvalue weighted by molar-refractivity contribution is 0.669. The molecule has 230 valence electrons. The summed E-state index contributed by atoms with van der Waals surface area (Å²) in [5.74, 6) is 0. The van der Waals surface area contributed by atoms with Gasteiger partial charge in [0.1, 0.15) is 5.58 Å². The Balaban J connectivity index is 1.30. The highest BCUT2D eigenvalue weighted by Gasteiger charge is 2.26. The maximum Gasteiger partial charge on any atom is 0.160 e. The molecule has 10 rings (SSSR count). The van der Waals surface area contributed by atoms with Gasteiger partial charge in [-0.15, -0.1) is 11.3 Å². The van der Waals surface area contributed by atoms with Gasteiger partial charge in [0.15, 0.2) is 5.58 Å². The van der Waals surface area contributed by atoms with Crippen LogP contribution in [0.15, 0.2) is 180 Å². The van der Waals surface area contributed by atoms with Crippen molar-refractivity contribution in [2.45, 2.75) is 0 Å². The minimum atomic E-state index is 0.872. The van der Waals surface area contributed by atoms with Gasteiger partial charge >= 0.3 is 0 Å². The molecule has 2 heterocycles. The highest BCUT2D eigenvalue weighted by atomic mass is 32.1. The summed E-state index contributed by atoms with van der Waals surface area (Å²) in [7, 11) is 0. The molecule has 10 aromatic rings. The summed E-state index contributed by atoms with van der Waals surface area (Å²) in [5, 5.41) is 7.21. The normalized spacial score (nSPS) is 11.7. The smallest absolute Gasteiger partial charge is 0.160 e. The number of para-hydroxylation sites is 1. The first-order chi connectivity index (χ1) is 24.3. The summed E-state index contributed by atoms with van der Waals surface area (Å²) in [6, 6.07) is 63.2. The molecule has 2 aromatic heterocycles. The van der Waals surface area contributed by atoms with E-state index in [9.17, 15) is 0 Å². The molecule has 2 nitrogen and oxygen atoms in total. The van der Waals surface area contributed by atoms with E-state index in [2.05, 4.69) is 175 Å². The lowest BCUT2D eigenvalue weighted by Gasteiger charge is -2.29. The van der Waals surface area contributed by atoms with Gasteiger partial charge in [0, 0.05) is 42.2 Å². The van der Waals surface area contributed by atoms with Crippen LogP contribution in [-0.2, 0) is 0 Å². The number of benzene rings is 8. The lowest BCUT2D eigenvalue weighted by atomic mass is 9.97. The highest BCUT2D eigenvalue weighted by molar-refractivity contribution is 7.26. The Hall–Kier alpha value is -6.16. The Morgan fingerprint density at radius 2 is 1.10 bits per heavy atom. The summed E-state index contributed by atoms with van der Waals surface area (Å²) in [6.07, 6.45) is 0. The van der Waals surface area contributed by atoms with Crippen LogP contribution < -0.4 is 4.90 Å². The Labute approximate surface area is 287 Å². The fourth-order valence-electron chi connectivity index (χ4n) is 7.45. The van der Waals surface area contributed by atoms with Crippen LogP contribution >= 0.6 is 11.3 Å². The van der Waals surface area contributed by atoms with Crippen molar-refractivity contribution in [3.63, 3.8) is 0 Å². The topological polar surface area (TPSA) is 16.4 Å². The average Bonchev–Trinajstić information content (AvgIpc) is 3.75. The molecular formula is C46H29NOS. The van der Waals surface area contributed by atoms with Gasteiger partial charge < -0.3 is 9.32 Å². The number of furan rings is 1. The van der Waals surface area contributed by atoms with E-state index in [1.807, 2.05) is 17.4 Å². The maximum absolute atomic E-state index is 6.85. The third-order valence-electron chi connectivity index (χ3n) is 9.68. The van der Waals surface area contributed by atoms with E-state index in [-0.39, 0.29) is 0 Å². The Bertz CT molecular complexity index is 2820. The first-order valence-electron chi connectivity index (χ1n) is 16.6. The zero-order valence-electron chi connectivity index (χ0n) is 26.5. The Morgan fingerprint density at radius 3 is 1.98 bits per heavy atom. The number of rotatable bonds is 5. The molecule has 0 spiro atoms. The van der Waals surface area contributed by atoms with Crippen LogP contribution in [-0.4, -0.2) is 0 Å². The summed E-state index contributed by atoms with van der Waals surface area (Å²) >= 11 is 1.84. The van der Waals surface area contributed by atoms with Crippen LogP contribution in [0.3, 0.4) is 0 Å². The lowest BCUT2D eigenvalue weighted by Crippen LogP contribution is -2.12. The average molecular weight is 644 g/mol. The van der Waals surface area contributed by atoms with Crippen molar-refractivity contribution in [3.05, 3.63) is 176 Å². The number of fused-ring (bicyclic) bond motifs is 7. The van der Waals surface area contributed by atoms with E-state index in [1.165, 1.54) is 42.1 Å². The van der Waals surface area contributed by atoms with E-state index in [4.69, 9.17) is 4.42 Å². The second-order valence-corrected chi connectivity index (χ2v) is 13.5. The van der Waals surface area contributed by atoms with E-state index in [0.717, 1.165) is 50.1 Å². The largest absolute Gasteiger partial charge is 0.454 e. The quantitative estimate of drug-likeness (QED) is 0.186. The fourth-order valence-corrected chi connectivity index (χ4v) is 8.57. The summed E-state index contributed by atoms with van der Waals surface area (Å²) in [4.78, 5) is 2.43. The zero-order chi connectivity index (χ0) is 32.3. The van der Waals surface area contributed by atoms with Crippen molar-refractivity contribution >= 4 is 81.3 Å². The predicted octanol–water partition coefficient (Wildman–Crippen LogP) is 13.9. The van der Waals surface area contributed by atoms with Gasteiger partial charge in [-0.2, -0.15) is 0 Å². The van der Waals surface area contributed by atoms with Crippen molar-refractivity contribution in [2.75, 3.05) is 4.90 Å². The minimum Gasteiger partial charge on any atom is -0.454 e. The van der Waals surface area contributed by atoms with Crippen molar-refractivity contribution < 1.29 is 4.42 Å². The van der Waals surface area contributed by atoms with Crippen molar-refractivity contribution in [2.24, 2.45) is 0 Å². The van der Waals surface area contributed by atoms with Crippen LogP contribution in [0.1, 0.15) is 0 Å². The molecular weight excluding hydrogens is 615 g/mol. The molecule has 0 bridgehead atoms. The van der Waals surface area contributed by atoms with E-state index < -0.39 is 0 Å². The molecule has 0 fully saturated rings. The third kappa shape index (κ3) is 4.47. The Kier molecular flexibility index (Phi) is 6.39. The van der Waals surface area contributed by atoms with Gasteiger partial charge in [-0.1, -0.05) is 133 Å². The molecule has 0 atom stereocenters. The number of anilines is 3. The molecule has 0 aliphatic carbocycles. The highest BCUT2D eigenvalue weighted by Crippen LogP contribution is 2.51. The van der Waals surface area contributed by atoms with Crippen molar-refractivity contribution in [1.82, 2.24) is 0 Å². The van der Waals surface area contributed by atoms with Gasteiger partial charge in [0.05, 0.1) is 11.4 Å². The van der Waals surface area contributed by atoms with E-state index in [1.54, 1.807) is 0 Å². The summed E-state index contributed by atoms with van der Waals surface area (Å²) in [5.41, 5.74) is 9.64. The van der Waals surface area contributed by atoms with E-state index in [0.29, 0.717) is 0 Å². The third-order valence-corrected chi connectivity index (χ3v) is 10.8. The fraction of sp³-hybridized carbons (Fsp3) is 0. The number of hydrogen-bond donors (Lipinski definition) is 0. The van der Waals surface area contributed by atoms with Crippen LogP contribution in [0.2, 0.25) is 0 Å². The molecule has 0 aliphatic heterocycles. The molecule has 3 heteroatoms. The van der Waals surface area contributed by atoms with Gasteiger partial charge in [-0.25, -0.2) is 0 Å². The molecule has 0 N–H and O–H groups in total. The van der Waals surface area contributed by atoms with Gasteiger partial charge in [-0.3, -0.25) is 0 Å². The first kappa shape index (κ1) is 27.9. The first-order valence-corrected chi connectivity index (χ1v) is 17.4. The second-order valence-electron chi connectivity index (χ2n) is 12.5. The molecule has 8 aromatic carbocycles. The summed E-state index contributed by atoms with van der Waals surface area (Å²) in [6.45, 7) is 0. The number of hydrogen-bond acceptors (Lipinski definition) is 3. The molecule has 0 saturated heterocycles. The van der Waals surface area contributed by atoms with E-state index >= 15 is 0 Å². The van der Waals surface area contributed by atoms with Gasteiger partial charge in [0.25, 0.3) is 0 Å². The van der Waals surface area contributed by atoms with Crippen LogP contribution in [0.5, 0.6) is 0 Å². The molecule has 0 unspecified atom stereocenters. The minimum absolute atomic E-state index is 0.872.